The molecular formula is C18H11BrClF3N2O4. The normalized spacial score (nSPS) is 12.1. The van der Waals surface area contributed by atoms with Gasteiger partial charge in [0.05, 0.1) is 5.02 Å². The second kappa shape index (κ2) is 8.44. The number of carbonyl (C=O) groups excluding carboxylic acids is 1. The third-order valence-electron chi connectivity index (χ3n) is 3.78. The molecule has 1 amide bonds. The summed E-state index contributed by atoms with van der Waals surface area (Å²) in [6, 6.07) is 5.72. The van der Waals surface area contributed by atoms with Gasteiger partial charge in [0.2, 0.25) is 5.89 Å². The maximum atomic E-state index is 14.2. The summed E-state index contributed by atoms with van der Waals surface area (Å²) in [6.07, 6.45) is -1.46. The number of hydrogen-bond donors (Lipinski definition) is 2. The van der Waals surface area contributed by atoms with Gasteiger partial charge in [0.25, 0.3) is 5.91 Å². The lowest BCUT2D eigenvalue weighted by Crippen LogP contribution is -2.17. The maximum absolute atomic E-state index is 14.2. The van der Waals surface area contributed by atoms with Gasteiger partial charge in [-0.25, -0.2) is 18.2 Å². The number of benzene rings is 2. The first-order chi connectivity index (χ1) is 13.7. The number of carbonyl (C=O) groups is 1. The van der Waals surface area contributed by atoms with Crippen LogP contribution < -0.4 is 10.5 Å². The lowest BCUT2D eigenvalue weighted by atomic mass is 10.1. The zero-order valence-corrected chi connectivity index (χ0v) is 16.6. The minimum absolute atomic E-state index is 0.0707. The van der Waals surface area contributed by atoms with E-state index in [1.807, 2.05) is 0 Å². The lowest BCUT2D eigenvalue weighted by Gasteiger charge is -2.11. The van der Waals surface area contributed by atoms with Gasteiger partial charge in [-0.15, -0.1) is 0 Å². The molecule has 0 aliphatic rings. The van der Waals surface area contributed by atoms with E-state index < -0.39 is 47.4 Å². The third-order valence-corrected chi connectivity index (χ3v) is 4.62. The Hall–Kier alpha value is -2.56. The molecule has 1 unspecified atom stereocenters. The molecule has 1 atom stereocenters. The predicted octanol–water partition coefficient (Wildman–Crippen LogP) is 4.39. The second-order valence-electron chi connectivity index (χ2n) is 5.73. The van der Waals surface area contributed by atoms with Crippen molar-refractivity contribution in [2.75, 3.05) is 6.61 Å². The number of nitrogens with two attached hydrogens (primary N) is 1. The van der Waals surface area contributed by atoms with Gasteiger partial charge in [-0.1, -0.05) is 17.7 Å². The highest BCUT2D eigenvalue weighted by Crippen LogP contribution is 2.32. The Morgan fingerprint density at radius 3 is 2.66 bits per heavy atom. The Bertz CT molecular complexity index is 1090. The van der Waals surface area contributed by atoms with Crippen LogP contribution in [0.2, 0.25) is 5.02 Å². The first kappa shape index (κ1) is 21.2. The van der Waals surface area contributed by atoms with Crippen molar-refractivity contribution in [3.63, 3.8) is 0 Å². The topological polar surface area (TPSA) is 98.6 Å². The van der Waals surface area contributed by atoms with Crippen molar-refractivity contribution in [1.29, 1.82) is 0 Å². The molecule has 1 aromatic heterocycles. The SMILES string of the molecule is NC(=O)c1c(F)ccc(OCC(O)c2nc(-c3ccc(Cl)c(F)c3)c(Br)o2)c1F. The number of hydrogen-bond acceptors (Lipinski definition) is 5. The molecule has 0 aliphatic heterocycles. The number of nitrogens with zero attached hydrogens (tertiary/aromatic N) is 1. The van der Waals surface area contributed by atoms with E-state index in [0.717, 1.165) is 18.2 Å². The molecular weight excluding hydrogens is 481 g/mol. The number of aromatic nitrogens is 1. The molecule has 1 heterocycles. The molecule has 29 heavy (non-hydrogen) atoms. The van der Waals surface area contributed by atoms with Crippen LogP contribution in [0.5, 0.6) is 5.75 Å². The van der Waals surface area contributed by atoms with Gasteiger partial charge in [0, 0.05) is 5.56 Å². The minimum atomic E-state index is -1.46. The molecule has 3 rings (SSSR count). The van der Waals surface area contributed by atoms with Crippen molar-refractivity contribution in [2.24, 2.45) is 5.73 Å². The van der Waals surface area contributed by atoms with Crippen LogP contribution in [0.25, 0.3) is 11.3 Å². The van der Waals surface area contributed by atoms with E-state index in [1.165, 1.54) is 12.1 Å². The number of aliphatic hydroxyl groups is 1. The largest absolute Gasteiger partial charge is 0.487 e. The smallest absolute Gasteiger partial charge is 0.254 e. The van der Waals surface area contributed by atoms with Gasteiger partial charge in [0.1, 0.15) is 29.5 Å². The maximum Gasteiger partial charge on any atom is 0.254 e. The molecule has 3 N–H and O–H groups in total. The Labute approximate surface area is 175 Å². The van der Waals surface area contributed by atoms with Crippen LogP contribution in [0.1, 0.15) is 22.4 Å². The second-order valence-corrected chi connectivity index (χ2v) is 6.86. The molecule has 0 fully saturated rings. The molecule has 0 spiro atoms. The zero-order valence-electron chi connectivity index (χ0n) is 14.3. The highest BCUT2D eigenvalue weighted by atomic mass is 79.9. The van der Waals surface area contributed by atoms with Crippen molar-refractivity contribution in [2.45, 2.75) is 6.10 Å². The first-order valence-electron chi connectivity index (χ1n) is 7.89. The van der Waals surface area contributed by atoms with Crippen LogP contribution in [0.3, 0.4) is 0 Å². The first-order valence-corrected chi connectivity index (χ1v) is 9.06. The Kier molecular flexibility index (Phi) is 6.15. The Morgan fingerprint density at radius 2 is 2.00 bits per heavy atom. The lowest BCUT2D eigenvalue weighted by molar-refractivity contribution is 0.0811. The van der Waals surface area contributed by atoms with Gasteiger partial charge in [-0.3, -0.25) is 4.79 Å². The molecule has 0 saturated heterocycles. The van der Waals surface area contributed by atoms with Crippen molar-refractivity contribution in [3.8, 4) is 17.0 Å². The van der Waals surface area contributed by atoms with Crippen molar-refractivity contribution in [1.82, 2.24) is 4.98 Å². The number of aliphatic hydroxyl groups excluding tert-OH is 1. The highest BCUT2D eigenvalue weighted by Gasteiger charge is 2.23. The van der Waals surface area contributed by atoms with E-state index in [1.54, 1.807) is 0 Å². The van der Waals surface area contributed by atoms with Crippen LogP contribution in [0.4, 0.5) is 13.2 Å². The molecule has 11 heteroatoms. The summed E-state index contributed by atoms with van der Waals surface area (Å²) in [7, 11) is 0. The molecule has 2 aromatic carbocycles. The van der Waals surface area contributed by atoms with Gasteiger partial charge in [-0.05, 0) is 40.2 Å². The van der Waals surface area contributed by atoms with Gasteiger partial charge < -0.3 is 20.0 Å². The highest BCUT2D eigenvalue weighted by molar-refractivity contribution is 9.10. The van der Waals surface area contributed by atoms with E-state index in [4.69, 9.17) is 26.5 Å². The predicted molar refractivity (Wildman–Crippen MR) is 99.9 cm³/mol. The van der Waals surface area contributed by atoms with Crippen molar-refractivity contribution >= 4 is 33.4 Å². The van der Waals surface area contributed by atoms with Crippen LogP contribution in [0.15, 0.2) is 39.4 Å². The molecule has 152 valence electrons. The molecule has 0 saturated carbocycles. The molecule has 0 bridgehead atoms. The van der Waals surface area contributed by atoms with Crippen LogP contribution in [0, 0.1) is 17.5 Å². The quantitative estimate of drug-likeness (QED) is 0.533. The number of ether oxygens (including phenoxy) is 1. The van der Waals surface area contributed by atoms with E-state index in [0.29, 0.717) is 5.56 Å². The summed E-state index contributed by atoms with van der Waals surface area (Å²) in [4.78, 5) is 15.2. The van der Waals surface area contributed by atoms with Crippen LogP contribution in [-0.4, -0.2) is 22.6 Å². The minimum Gasteiger partial charge on any atom is -0.487 e. The van der Waals surface area contributed by atoms with E-state index >= 15 is 0 Å². The standard InChI is InChI=1S/C18H11BrClF3N2O4/c19-16-15(7-1-2-8(20)10(22)5-7)25-18(29-16)11(26)6-28-12-4-3-9(21)13(14(12)23)17(24)27/h1-5,11,26H,6H2,(H2,24,27). The monoisotopic (exact) mass is 490 g/mol. The molecule has 3 aromatic rings. The Balaban J connectivity index is 1.79. The van der Waals surface area contributed by atoms with E-state index in [-0.39, 0.29) is 21.3 Å². The molecule has 6 nitrogen and oxygen atoms in total. The summed E-state index contributed by atoms with van der Waals surface area (Å²) < 4.78 is 51.8. The van der Waals surface area contributed by atoms with Crippen molar-refractivity contribution < 1.29 is 32.2 Å². The van der Waals surface area contributed by atoms with Gasteiger partial charge in [-0.2, -0.15) is 0 Å². The van der Waals surface area contributed by atoms with E-state index in [9.17, 15) is 23.1 Å². The summed E-state index contributed by atoms with van der Waals surface area (Å²) in [5, 5.41) is 10.1. The number of amides is 1. The Morgan fingerprint density at radius 1 is 1.28 bits per heavy atom. The number of rotatable bonds is 6. The summed E-state index contributed by atoms with van der Waals surface area (Å²) >= 11 is 8.76. The van der Waals surface area contributed by atoms with E-state index in [2.05, 4.69) is 20.9 Å². The average molecular weight is 492 g/mol. The number of halogens is 5. The summed E-state index contributed by atoms with van der Waals surface area (Å²) in [5.41, 5.74) is 4.51. The zero-order chi connectivity index (χ0) is 21.3. The fraction of sp³-hybridized carbons (Fsp3) is 0.111. The molecule has 0 radical (unpaired) electrons. The molecule has 0 aliphatic carbocycles. The van der Waals surface area contributed by atoms with Crippen LogP contribution in [-0.2, 0) is 0 Å². The van der Waals surface area contributed by atoms with Crippen molar-refractivity contribution in [3.05, 3.63) is 68.9 Å². The third kappa shape index (κ3) is 4.39. The van der Waals surface area contributed by atoms with Crippen LogP contribution >= 0.6 is 27.5 Å². The van der Waals surface area contributed by atoms with Gasteiger partial charge >= 0.3 is 0 Å². The van der Waals surface area contributed by atoms with Gasteiger partial charge in [0.15, 0.2) is 22.3 Å². The fourth-order valence-electron chi connectivity index (χ4n) is 2.39. The number of oxazole rings is 1. The average Bonchev–Trinajstić information content (AvgIpc) is 3.05. The fourth-order valence-corrected chi connectivity index (χ4v) is 2.99. The number of primary amides is 1. The summed E-state index contributed by atoms with van der Waals surface area (Å²) in [6.45, 7) is -0.540. The summed E-state index contributed by atoms with van der Waals surface area (Å²) in [5.74, 6) is -5.11.